The summed E-state index contributed by atoms with van der Waals surface area (Å²) in [6, 6.07) is 8.77. The summed E-state index contributed by atoms with van der Waals surface area (Å²) in [5, 5.41) is 4.45. The number of aryl methyl sites for hydroxylation is 1. The molecular formula is C22H22N4O4S. The lowest BCUT2D eigenvalue weighted by atomic mass is 9.81. The minimum atomic E-state index is -1.16. The maximum absolute atomic E-state index is 13.5. The SMILES string of the molecule is CCOC(=O)C1C2c3ccccc3OC1(C)N=c1s/c(=C/c3ccn(CC)n3)c(=O)n12. The lowest BCUT2D eigenvalue weighted by Gasteiger charge is -2.44. The molecule has 0 aliphatic carbocycles. The molecule has 0 radical (unpaired) electrons. The summed E-state index contributed by atoms with van der Waals surface area (Å²) in [6.07, 6.45) is 3.63. The van der Waals surface area contributed by atoms with Gasteiger partial charge in [-0.15, -0.1) is 0 Å². The van der Waals surface area contributed by atoms with Crippen molar-refractivity contribution in [2.75, 3.05) is 6.61 Å². The van der Waals surface area contributed by atoms with Crippen molar-refractivity contribution in [2.24, 2.45) is 10.9 Å². The molecular weight excluding hydrogens is 416 g/mol. The molecule has 9 heteroatoms. The van der Waals surface area contributed by atoms with E-state index in [9.17, 15) is 9.59 Å². The first-order valence-corrected chi connectivity index (χ1v) is 11.1. The summed E-state index contributed by atoms with van der Waals surface area (Å²) >= 11 is 1.28. The Morgan fingerprint density at radius 1 is 1.32 bits per heavy atom. The second-order valence-electron chi connectivity index (χ2n) is 7.65. The van der Waals surface area contributed by atoms with Crippen LogP contribution in [0.5, 0.6) is 5.75 Å². The molecule has 0 fully saturated rings. The molecule has 3 aromatic rings. The number of ether oxygens (including phenoxy) is 2. The second-order valence-corrected chi connectivity index (χ2v) is 8.65. The number of hydrogen-bond acceptors (Lipinski definition) is 7. The molecule has 8 nitrogen and oxygen atoms in total. The average molecular weight is 439 g/mol. The number of carbonyl (C=O) groups is 1. The van der Waals surface area contributed by atoms with Crippen LogP contribution in [0.4, 0.5) is 0 Å². The zero-order valence-corrected chi connectivity index (χ0v) is 18.3. The maximum atomic E-state index is 13.5. The van der Waals surface area contributed by atoms with E-state index in [1.807, 2.05) is 43.5 Å². The summed E-state index contributed by atoms with van der Waals surface area (Å²) in [4.78, 5) is 31.7. The summed E-state index contributed by atoms with van der Waals surface area (Å²) in [6.45, 7) is 6.53. The van der Waals surface area contributed by atoms with Crippen LogP contribution >= 0.6 is 11.3 Å². The van der Waals surface area contributed by atoms with Gasteiger partial charge >= 0.3 is 5.97 Å². The van der Waals surface area contributed by atoms with Gasteiger partial charge in [-0.05, 0) is 39.0 Å². The van der Waals surface area contributed by atoms with Crippen LogP contribution in [0.2, 0.25) is 0 Å². The van der Waals surface area contributed by atoms with Gasteiger partial charge in [0.15, 0.2) is 4.80 Å². The highest BCUT2D eigenvalue weighted by Gasteiger charge is 2.55. The Balaban J connectivity index is 1.75. The number of benzene rings is 1. The molecule has 0 amide bonds. The summed E-state index contributed by atoms with van der Waals surface area (Å²) in [5.74, 6) is -0.575. The van der Waals surface area contributed by atoms with Crippen molar-refractivity contribution in [2.45, 2.75) is 39.1 Å². The fourth-order valence-electron chi connectivity index (χ4n) is 4.30. The van der Waals surface area contributed by atoms with Crippen LogP contribution in [0.15, 0.2) is 46.3 Å². The quantitative estimate of drug-likeness (QED) is 0.576. The number of carbonyl (C=O) groups excluding carboxylic acids is 1. The van der Waals surface area contributed by atoms with Crippen LogP contribution in [-0.4, -0.2) is 32.6 Å². The molecule has 160 valence electrons. The number of rotatable bonds is 4. The van der Waals surface area contributed by atoms with Crippen LogP contribution < -0.4 is 19.6 Å². The van der Waals surface area contributed by atoms with Crippen LogP contribution in [0.25, 0.3) is 6.08 Å². The van der Waals surface area contributed by atoms with Gasteiger partial charge in [0.05, 0.1) is 22.9 Å². The van der Waals surface area contributed by atoms with Gasteiger partial charge in [0.1, 0.15) is 11.7 Å². The van der Waals surface area contributed by atoms with Gasteiger partial charge in [-0.25, -0.2) is 4.99 Å². The van der Waals surface area contributed by atoms with Crippen molar-refractivity contribution in [3.05, 3.63) is 67.5 Å². The molecule has 2 aliphatic rings. The highest BCUT2D eigenvalue weighted by molar-refractivity contribution is 7.07. The van der Waals surface area contributed by atoms with Crippen molar-refractivity contribution in [3.8, 4) is 5.75 Å². The van der Waals surface area contributed by atoms with E-state index in [1.54, 1.807) is 29.2 Å². The number of thiazole rings is 1. The topological polar surface area (TPSA) is 87.7 Å². The van der Waals surface area contributed by atoms with Gasteiger partial charge in [0.2, 0.25) is 5.72 Å². The van der Waals surface area contributed by atoms with E-state index in [0.29, 0.717) is 20.8 Å². The van der Waals surface area contributed by atoms with Crippen LogP contribution in [0, 0.1) is 5.92 Å². The average Bonchev–Trinajstić information content (AvgIpc) is 3.31. The van der Waals surface area contributed by atoms with Crippen molar-refractivity contribution in [1.82, 2.24) is 14.3 Å². The predicted octanol–water partition coefficient (Wildman–Crippen LogP) is 1.47. The molecule has 3 unspecified atom stereocenters. The molecule has 0 saturated heterocycles. The number of fused-ring (bicyclic) bond motifs is 6. The maximum Gasteiger partial charge on any atom is 0.317 e. The summed E-state index contributed by atoms with van der Waals surface area (Å²) < 4.78 is 15.5. The van der Waals surface area contributed by atoms with E-state index in [-0.39, 0.29) is 12.2 Å². The van der Waals surface area contributed by atoms with Crippen molar-refractivity contribution >= 4 is 23.4 Å². The minimum absolute atomic E-state index is 0.201. The van der Waals surface area contributed by atoms with Gasteiger partial charge in [-0.2, -0.15) is 5.10 Å². The minimum Gasteiger partial charge on any atom is -0.466 e. The van der Waals surface area contributed by atoms with Crippen molar-refractivity contribution in [3.63, 3.8) is 0 Å². The smallest absolute Gasteiger partial charge is 0.317 e. The molecule has 31 heavy (non-hydrogen) atoms. The first kappa shape index (κ1) is 19.7. The largest absolute Gasteiger partial charge is 0.466 e. The van der Waals surface area contributed by atoms with Crippen LogP contribution in [-0.2, 0) is 16.1 Å². The molecule has 2 aliphatic heterocycles. The Morgan fingerprint density at radius 3 is 2.87 bits per heavy atom. The fraction of sp³-hybridized carbons (Fsp3) is 0.364. The standard InChI is InChI=1S/C22H22N4O4S/c1-4-25-11-10-13(24-25)12-16-19(27)26-18-14-8-6-7-9-15(14)30-22(3,23-21(26)31-16)17(18)20(28)29-5-2/h6-12,17-18H,4-5H2,1-3H3/b16-12+. The molecule has 0 N–H and O–H groups in total. The lowest BCUT2D eigenvalue weighted by molar-refractivity contribution is -0.160. The molecule has 2 bridgehead atoms. The van der Waals surface area contributed by atoms with Gasteiger partial charge < -0.3 is 9.47 Å². The Bertz CT molecular complexity index is 1350. The fourth-order valence-corrected chi connectivity index (χ4v) is 5.38. The Hall–Kier alpha value is -3.20. The Kier molecular flexibility index (Phi) is 4.58. The summed E-state index contributed by atoms with van der Waals surface area (Å²) in [5.41, 5.74) is 0.110. The molecule has 3 atom stereocenters. The number of esters is 1. The summed E-state index contributed by atoms with van der Waals surface area (Å²) in [7, 11) is 0. The van der Waals surface area contributed by atoms with Gasteiger partial charge in [-0.3, -0.25) is 18.8 Å². The zero-order chi connectivity index (χ0) is 21.8. The van der Waals surface area contributed by atoms with E-state index < -0.39 is 23.7 Å². The number of para-hydroxylation sites is 1. The van der Waals surface area contributed by atoms with E-state index >= 15 is 0 Å². The third-order valence-corrected chi connectivity index (χ3v) is 6.67. The van der Waals surface area contributed by atoms with E-state index in [0.717, 1.165) is 12.1 Å². The molecule has 0 spiro atoms. The Morgan fingerprint density at radius 2 is 2.13 bits per heavy atom. The lowest BCUT2D eigenvalue weighted by Crippen LogP contribution is -2.58. The molecule has 1 aromatic carbocycles. The molecule has 2 aromatic heterocycles. The van der Waals surface area contributed by atoms with Crippen molar-refractivity contribution in [1.29, 1.82) is 0 Å². The van der Waals surface area contributed by atoms with E-state index in [4.69, 9.17) is 14.5 Å². The predicted molar refractivity (Wildman–Crippen MR) is 115 cm³/mol. The highest BCUT2D eigenvalue weighted by Crippen LogP contribution is 2.47. The highest BCUT2D eigenvalue weighted by atomic mass is 32.1. The normalized spacial score (nSPS) is 24.0. The first-order valence-electron chi connectivity index (χ1n) is 10.3. The third-order valence-electron chi connectivity index (χ3n) is 5.68. The molecule has 0 saturated carbocycles. The third kappa shape index (κ3) is 3.03. The van der Waals surface area contributed by atoms with Crippen LogP contribution in [0.3, 0.4) is 0 Å². The van der Waals surface area contributed by atoms with Gasteiger partial charge in [0.25, 0.3) is 5.56 Å². The Labute approximate surface area is 182 Å². The molecule has 4 heterocycles. The zero-order valence-electron chi connectivity index (χ0n) is 17.4. The molecule has 5 rings (SSSR count). The number of hydrogen-bond donors (Lipinski definition) is 0. The van der Waals surface area contributed by atoms with Gasteiger partial charge in [-0.1, -0.05) is 29.5 Å². The second kappa shape index (κ2) is 7.19. The van der Waals surface area contributed by atoms with Gasteiger partial charge in [0, 0.05) is 18.3 Å². The van der Waals surface area contributed by atoms with Crippen molar-refractivity contribution < 1.29 is 14.3 Å². The monoisotopic (exact) mass is 438 g/mol. The first-order chi connectivity index (χ1) is 14.9. The number of nitrogens with zero attached hydrogens (tertiary/aromatic N) is 4. The van der Waals surface area contributed by atoms with E-state index in [1.165, 1.54) is 11.3 Å². The van der Waals surface area contributed by atoms with E-state index in [2.05, 4.69) is 5.10 Å². The van der Waals surface area contributed by atoms with Crippen LogP contribution in [0.1, 0.15) is 38.1 Å². The number of aromatic nitrogens is 3.